The van der Waals surface area contributed by atoms with Gasteiger partial charge in [0.25, 0.3) is 0 Å². The lowest BCUT2D eigenvalue weighted by molar-refractivity contribution is -0.145. The molecule has 0 aliphatic carbocycles. The third-order valence-corrected chi connectivity index (χ3v) is 3.20. The van der Waals surface area contributed by atoms with E-state index in [4.69, 9.17) is 22.1 Å². The van der Waals surface area contributed by atoms with Crippen LogP contribution in [-0.4, -0.2) is 15.7 Å². The van der Waals surface area contributed by atoms with E-state index in [2.05, 4.69) is 21.0 Å². The van der Waals surface area contributed by atoms with Crippen LogP contribution in [0.4, 0.5) is 5.82 Å². The van der Waals surface area contributed by atoms with Crippen LogP contribution in [0.5, 0.6) is 0 Å². The van der Waals surface area contributed by atoms with Gasteiger partial charge in [-0.15, -0.1) is 0 Å². The number of halogens is 2. The highest BCUT2D eigenvalue weighted by atomic mass is 79.9. The van der Waals surface area contributed by atoms with Gasteiger partial charge in [-0.3, -0.25) is 9.48 Å². The molecule has 0 radical (unpaired) electrons. The normalized spacial score (nSPS) is 10.4. The second kappa shape index (κ2) is 6.08. The number of carbonyl (C=O) groups excluding carboxylic acids is 1. The summed E-state index contributed by atoms with van der Waals surface area (Å²) in [6.45, 7) is 0.146. The first-order valence-electron chi connectivity index (χ1n) is 5.43. The van der Waals surface area contributed by atoms with Crippen LogP contribution in [0.2, 0.25) is 5.02 Å². The summed E-state index contributed by atoms with van der Waals surface area (Å²) in [5.74, 6) is -0.0363. The van der Waals surface area contributed by atoms with E-state index in [9.17, 15) is 4.79 Å². The second-order valence-electron chi connectivity index (χ2n) is 3.83. The zero-order chi connectivity index (χ0) is 13.8. The van der Waals surface area contributed by atoms with Crippen LogP contribution in [0, 0.1) is 0 Å². The molecule has 0 bridgehead atoms. The molecule has 1 aromatic carbocycles. The molecule has 0 saturated heterocycles. The number of esters is 1. The Morgan fingerprint density at radius 2 is 2.26 bits per heavy atom. The third-order valence-electron chi connectivity index (χ3n) is 2.36. The quantitative estimate of drug-likeness (QED) is 0.866. The van der Waals surface area contributed by atoms with E-state index in [1.165, 1.54) is 4.68 Å². The highest BCUT2D eigenvalue weighted by molar-refractivity contribution is 9.10. The molecule has 7 heteroatoms. The fourth-order valence-corrected chi connectivity index (χ4v) is 2.17. The summed E-state index contributed by atoms with van der Waals surface area (Å²) < 4.78 is 7.41. The molecule has 0 amide bonds. The highest BCUT2D eigenvalue weighted by Crippen LogP contribution is 2.21. The standard InChI is InChI=1S/C12H11BrClN3O2/c13-9-2-1-8(10(14)5-9)7-19-12(18)6-17-4-3-11(15)16-17/h1-5H,6-7H2,(H2,15,16). The summed E-state index contributed by atoms with van der Waals surface area (Å²) in [4.78, 5) is 11.6. The number of nitrogens with zero attached hydrogens (tertiary/aromatic N) is 2. The van der Waals surface area contributed by atoms with Crippen molar-refractivity contribution in [1.82, 2.24) is 9.78 Å². The molecule has 0 saturated carbocycles. The van der Waals surface area contributed by atoms with Crippen molar-refractivity contribution in [3.05, 3.63) is 45.5 Å². The van der Waals surface area contributed by atoms with Crippen molar-refractivity contribution in [3.63, 3.8) is 0 Å². The van der Waals surface area contributed by atoms with E-state index in [0.717, 1.165) is 10.0 Å². The number of carbonyl (C=O) groups is 1. The largest absolute Gasteiger partial charge is 0.459 e. The molecular weight excluding hydrogens is 334 g/mol. The van der Waals surface area contributed by atoms with Gasteiger partial charge in [-0.25, -0.2) is 0 Å². The van der Waals surface area contributed by atoms with E-state index >= 15 is 0 Å². The van der Waals surface area contributed by atoms with Crippen molar-refractivity contribution >= 4 is 39.3 Å². The van der Waals surface area contributed by atoms with Crippen LogP contribution in [0.1, 0.15) is 5.56 Å². The van der Waals surface area contributed by atoms with Gasteiger partial charge in [0, 0.05) is 21.3 Å². The van der Waals surface area contributed by atoms with Crippen LogP contribution in [0.25, 0.3) is 0 Å². The molecule has 0 aliphatic rings. The number of nitrogen functional groups attached to an aromatic ring is 1. The Balaban J connectivity index is 1.89. The number of hydrogen-bond donors (Lipinski definition) is 1. The summed E-state index contributed by atoms with van der Waals surface area (Å²) in [7, 11) is 0. The maximum Gasteiger partial charge on any atom is 0.328 e. The number of anilines is 1. The minimum absolute atomic E-state index is 0.0192. The average Bonchev–Trinajstić information content (AvgIpc) is 2.73. The minimum atomic E-state index is -0.401. The molecule has 0 aliphatic heterocycles. The van der Waals surface area contributed by atoms with Crippen LogP contribution in [0.3, 0.4) is 0 Å². The lowest BCUT2D eigenvalue weighted by atomic mass is 10.2. The summed E-state index contributed by atoms with van der Waals surface area (Å²) in [6, 6.07) is 6.99. The van der Waals surface area contributed by atoms with Gasteiger partial charge in [-0.2, -0.15) is 5.10 Å². The number of aromatic nitrogens is 2. The number of benzene rings is 1. The molecule has 0 atom stereocenters. The molecule has 2 aromatic rings. The fraction of sp³-hybridized carbons (Fsp3) is 0.167. The van der Waals surface area contributed by atoms with Crippen LogP contribution in [-0.2, 0) is 22.7 Å². The van der Waals surface area contributed by atoms with Crippen molar-refractivity contribution in [1.29, 1.82) is 0 Å². The Hall–Kier alpha value is -1.53. The number of rotatable bonds is 4. The van der Waals surface area contributed by atoms with Gasteiger partial charge in [0.1, 0.15) is 19.0 Å². The van der Waals surface area contributed by atoms with Crippen molar-refractivity contribution in [2.24, 2.45) is 0 Å². The van der Waals surface area contributed by atoms with Gasteiger partial charge in [-0.1, -0.05) is 33.6 Å². The van der Waals surface area contributed by atoms with Crippen LogP contribution in [0.15, 0.2) is 34.9 Å². The van der Waals surface area contributed by atoms with E-state index in [-0.39, 0.29) is 13.2 Å². The Kier molecular flexibility index (Phi) is 4.44. The van der Waals surface area contributed by atoms with Gasteiger partial charge >= 0.3 is 5.97 Å². The molecular formula is C12H11BrClN3O2. The predicted octanol–water partition coefficient (Wildman–Crippen LogP) is 2.62. The first-order chi connectivity index (χ1) is 9.04. The number of hydrogen-bond acceptors (Lipinski definition) is 4. The van der Waals surface area contributed by atoms with Gasteiger partial charge < -0.3 is 10.5 Å². The van der Waals surface area contributed by atoms with Crippen LogP contribution < -0.4 is 5.73 Å². The van der Waals surface area contributed by atoms with Gasteiger partial charge in [0.05, 0.1) is 0 Å². The molecule has 2 rings (SSSR count). The number of nitrogens with two attached hydrogens (primary N) is 1. The Labute approximate surface area is 123 Å². The molecule has 0 unspecified atom stereocenters. The minimum Gasteiger partial charge on any atom is -0.459 e. The maximum atomic E-state index is 11.6. The second-order valence-corrected chi connectivity index (χ2v) is 5.16. The Morgan fingerprint density at radius 3 is 2.89 bits per heavy atom. The lowest BCUT2D eigenvalue weighted by Gasteiger charge is -2.07. The smallest absolute Gasteiger partial charge is 0.328 e. The molecule has 0 spiro atoms. The summed E-state index contributed by atoms with van der Waals surface area (Å²) in [5.41, 5.74) is 6.20. The van der Waals surface area contributed by atoms with Crippen molar-refractivity contribution in [2.45, 2.75) is 13.2 Å². The average molecular weight is 345 g/mol. The van der Waals surface area contributed by atoms with Crippen molar-refractivity contribution < 1.29 is 9.53 Å². The molecule has 1 heterocycles. The van der Waals surface area contributed by atoms with Crippen molar-refractivity contribution in [3.8, 4) is 0 Å². The predicted molar refractivity (Wildman–Crippen MR) is 75.6 cm³/mol. The summed E-state index contributed by atoms with van der Waals surface area (Å²) in [6.07, 6.45) is 1.61. The van der Waals surface area contributed by atoms with E-state index in [0.29, 0.717) is 10.8 Å². The molecule has 19 heavy (non-hydrogen) atoms. The summed E-state index contributed by atoms with van der Waals surface area (Å²) in [5, 5.41) is 4.44. The van der Waals surface area contributed by atoms with Gasteiger partial charge in [-0.05, 0) is 18.2 Å². The SMILES string of the molecule is Nc1ccn(CC(=O)OCc2ccc(Br)cc2Cl)n1. The zero-order valence-electron chi connectivity index (χ0n) is 9.85. The topological polar surface area (TPSA) is 70.1 Å². The van der Waals surface area contributed by atoms with Gasteiger partial charge in [0.2, 0.25) is 0 Å². The Morgan fingerprint density at radius 1 is 1.47 bits per heavy atom. The zero-order valence-corrected chi connectivity index (χ0v) is 12.2. The first kappa shape index (κ1) is 13.9. The van der Waals surface area contributed by atoms with Gasteiger partial charge in [0.15, 0.2) is 0 Å². The molecule has 100 valence electrons. The highest BCUT2D eigenvalue weighted by Gasteiger charge is 2.08. The molecule has 0 fully saturated rings. The Bertz CT molecular complexity index is 600. The molecule has 1 aromatic heterocycles. The van der Waals surface area contributed by atoms with Crippen LogP contribution >= 0.6 is 27.5 Å². The number of ether oxygens (including phenoxy) is 1. The van der Waals surface area contributed by atoms with Crippen molar-refractivity contribution in [2.75, 3.05) is 5.73 Å². The van der Waals surface area contributed by atoms with E-state index < -0.39 is 5.97 Å². The van der Waals surface area contributed by atoms with E-state index in [1.54, 1.807) is 24.4 Å². The monoisotopic (exact) mass is 343 g/mol. The molecule has 2 N–H and O–H groups in total. The third kappa shape index (κ3) is 3.97. The van der Waals surface area contributed by atoms with E-state index in [1.807, 2.05) is 6.07 Å². The summed E-state index contributed by atoms with van der Waals surface area (Å²) >= 11 is 9.33. The first-order valence-corrected chi connectivity index (χ1v) is 6.60. The fourth-order valence-electron chi connectivity index (χ4n) is 1.44. The molecule has 5 nitrogen and oxygen atoms in total. The lowest BCUT2D eigenvalue weighted by Crippen LogP contribution is -2.14. The maximum absolute atomic E-state index is 11.6.